The van der Waals surface area contributed by atoms with E-state index in [1.165, 1.54) is 6.42 Å². The van der Waals surface area contributed by atoms with Crippen LogP contribution < -0.4 is 5.73 Å². The van der Waals surface area contributed by atoms with E-state index in [1.807, 2.05) is 0 Å². The fourth-order valence-corrected chi connectivity index (χ4v) is 2.45. The summed E-state index contributed by atoms with van der Waals surface area (Å²) in [6.07, 6.45) is 1.88. The maximum absolute atomic E-state index is 5.86. The van der Waals surface area contributed by atoms with Gasteiger partial charge < -0.3 is 10.5 Å². The highest BCUT2D eigenvalue weighted by molar-refractivity contribution is 4.81. The molecular formula is C12H26N2O. The van der Waals surface area contributed by atoms with Gasteiger partial charge in [-0.3, -0.25) is 4.90 Å². The van der Waals surface area contributed by atoms with Crippen LogP contribution in [0.15, 0.2) is 0 Å². The van der Waals surface area contributed by atoms with E-state index in [-0.39, 0.29) is 0 Å². The Morgan fingerprint density at radius 2 is 1.80 bits per heavy atom. The predicted molar refractivity (Wildman–Crippen MR) is 63.9 cm³/mol. The van der Waals surface area contributed by atoms with E-state index in [0.717, 1.165) is 19.6 Å². The molecule has 0 radical (unpaired) electrons. The van der Waals surface area contributed by atoms with E-state index < -0.39 is 0 Å². The summed E-state index contributed by atoms with van der Waals surface area (Å²) in [6.45, 7) is 11.6. The molecule has 1 aliphatic heterocycles. The molecule has 1 fully saturated rings. The number of ether oxygens (including phenoxy) is 1. The van der Waals surface area contributed by atoms with Gasteiger partial charge in [0.15, 0.2) is 0 Å². The van der Waals surface area contributed by atoms with Crippen molar-refractivity contribution in [1.82, 2.24) is 4.90 Å². The molecular weight excluding hydrogens is 188 g/mol. The van der Waals surface area contributed by atoms with E-state index >= 15 is 0 Å². The lowest BCUT2D eigenvalue weighted by molar-refractivity contribution is -0.0811. The first-order chi connectivity index (χ1) is 7.02. The Kier molecular flexibility index (Phi) is 5.03. The molecule has 0 aliphatic carbocycles. The Hall–Kier alpha value is -0.120. The fraction of sp³-hybridized carbons (Fsp3) is 1.00. The van der Waals surface area contributed by atoms with Crippen LogP contribution >= 0.6 is 0 Å². The second-order valence-electron chi connectivity index (χ2n) is 5.23. The van der Waals surface area contributed by atoms with Crippen molar-refractivity contribution in [2.45, 2.75) is 52.4 Å². The third-order valence-corrected chi connectivity index (χ3v) is 2.98. The second-order valence-corrected chi connectivity index (χ2v) is 5.23. The first-order valence-electron chi connectivity index (χ1n) is 6.12. The molecule has 1 aliphatic rings. The third-order valence-electron chi connectivity index (χ3n) is 2.98. The molecule has 0 aromatic heterocycles. The van der Waals surface area contributed by atoms with Crippen molar-refractivity contribution in [1.29, 1.82) is 0 Å². The average molecular weight is 214 g/mol. The van der Waals surface area contributed by atoms with Gasteiger partial charge in [-0.25, -0.2) is 0 Å². The number of hydrogen-bond acceptors (Lipinski definition) is 3. The first kappa shape index (κ1) is 12.9. The third kappa shape index (κ3) is 4.09. The maximum Gasteiger partial charge on any atom is 0.0678 e. The summed E-state index contributed by atoms with van der Waals surface area (Å²) in [5.74, 6) is 0.715. The Bertz CT molecular complexity index is 174. The molecule has 0 aromatic rings. The Morgan fingerprint density at radius 1 is 1.27 bits per heavy atom. The largest absolute Gasteiger partial charge is 0.373 e. The summed E-state index contributed by atoms with van der Waals surface area (Å²) in [4.78, 5) is 2.50. The van der Waals surface area contributed by atoms with Crippen molar-refractivity contribution in [2.75, 3.05) is 19.6 Å². The molecule has 3 nitrogen and oxygen atoms in total. The molecule has 2 N–H and O–H groups in total. The topological polar surface area (TPSA) is 38.5 Å². The zero-order valence-electron chi connectivity index (χ0n) is 10.6. The van der Waals surface area contributed by atoms with E-state index in [2.05, 4.69) is 32.6 Å². The minimum atomic E-state index is 0.343. The van der Waals surface area contributed by atoms with Crippen LogP contribution in [0.25, 0.3) is 0 Å². The van der Waals surface area contributed by atoms with Crippen LogP contribution in [0, 0.1) is 5.92 Å². The van der Waals surface area contributed by atoms with Gasteiger partial charge in [0.25, 0.3) is 0 Å². The van der Waals surface area contributed by atoms with Crippen LogP contribution in [0.1, 0.15) is 34.1 Å². The standard InChI is InChI=1S/C12H26N2O/c1-9(2)5-12(6-13)14-7-10(3)15-11(4)8-14/h9-12H,5-8,13H2,1-4H3/t10-,11+,12?. The summed E-state index contributed by atoms with van der Waals surface area (Å²) >= 11 is 0. The molecule has 90 valence electrons. The van der Waals surface area contributed by atoms with Gasteiger partial charge in [0.05, 0.1) is 12.2 Å². The van der Waals surface area contributed by atoms with Crippen LogP contribution in [0.2, 0.25) is 0 Å². The van der Waals surface area contributed by atoms with Gasteiger partial charge in [0.2, 0.25) is 0 Å². The highest BCUT2D eigenvalue weighted by atomic mass is 16.5. The molecule has 0 spiro atoms. The van der Waals surface area contributed by atoms with Gasteiger partial charge in [-0.05, 0) is 26.2 Å². The molecule has 3 atom stereocenters. The zero-order chi connectivity index (χ0) is 11.4. The van der Waals surface area contributed by atoms with Crippen LogP contribution in [-0.2, 0) is 4.74 Å². The van der Waals surface area contributed by atoms with Crippen LogP contribution in [0.5, 0.6) is 0 Å². The van der Waals surface area contributed by atoms with Crippen molar-refractivity contribution in [2.24, 2.45) is 11.7 Å². The van der Waals surface area contributed by atoms with Crippen molar-refractivity contribution in [3.63, 3.8) is 0 Å². The second kappa shape index (κ2) is 5.83. The lowest BCUT2D eigenvalue weighted by atomic mass is 10.0. The van der Waals surface area contributed by atoms with Gasteiger partial charge in [0.1, 0.15) is 0 Å². The summed E-state index contributed by atoms with van der Waals surface area (Å²) < 4.78 is 5.73. The number of morpholine rings is 1. The van der Waals surface area contributed by atoms with E-state index in [1.54, 1.807) is 0 Å². The summed E-state index contributed by atoms with van der Waals surface area (Å²) in [6, 6.07) is 0.527. The van der Waals surface area contributed by atoms with E-state index in [9.17, 15) is 0 Å². The van der Waals surface area contributed by atoms with Gasteiger partial charge in [-0.15, -0.1) is 0 Å². The lowest BCUT2D eigenvalue weighted by Gasteiger charge is -2.40. The Morgan fingerprint density at radius 3 is 2.20 bits per heavy atom. The molecule has 1 unspecified atom stereocenters. The lowest BCUT2D eigenvalue weighted by Crippen LogP contribution is -2.52. The van der Waals surface area contributed by atoms with Crippen LogP contribution in [0.4, 0.5) is 0 Å². The van der Waals surface area contributed by atoms with Gasteiger partial charge >= 0.3 is 0 Å². The van der Waals surface area contributed by atoms with Gasteiger partial charge in [-0.1, -0.05) is 13.8 Å². The predicted octanol–water partition coefficient (Wildman–Crippen LogP) is 1.47. The molecule has 1 heterocycles. The molecule has 15 heavy (non-hydrogen) atoms. The smallest absolute Gasteiger partial charge is 0.0678 e. The highest BCUT2D eigenvalue weighted by Gasteiger charge is 2.27. The minimum Gasteiger partial charge on any atom is -0.373 e. The number of hydrogen-bond donors (Lipinski definition) is 1. The molecule has 0 saturated carbocycles. The average Bonchev–Trinajstić information content (AvgIpc) is 2.12. The van der Waals surface area contributed by atoms with E-state index in [0.29, 0.717) is 24.2 Å². The molecule has 0 aromatic carbocycles. The molecule has 3 heteroatoms. The normalized spacial score (nSPS) is 30.8. The molecule has 1 rings (SSSR count). The van der Waals surface area contributed by atoms with Crippen molar-refractivity contribution >= 4 is 0 Å². The van der Waals surface area contributed by atoms with Crippen molar-refractivity contribution in [3.8, 4) is 0 Å². The fourth-order valence-electron chi connectivity index (χ4n) is 2.45. The summed E-state index contributed by atoms with van der Waals surface area (Å²) in [5, 5.41) is 0. The maximum atomic E-state index is 5.86. The van der Waals surface area contributed by atoms with Crippen molar-refractivity contribution in [3.05, 3.63) is 0 Å². The number of rotatable bonds is 4. The van der Waals surface area contributed by atoms with Crippen molar-refractivity contribution < 1.29 is 4.74 Å². The number of nitrogens with two attached hydrogens (primary N) is 1. The van der Waals surface area contributed by atoms with Gasteiger partial charge in [-0.2, -0.15) is 0 Å². The van der Waals surface area contributed by atoms with Crippen LogP contribution in [0.3, 0.4) is 0 Å². The molecule has 1 saturated heterocycles. The Balaban J connectivity index is 2.51. The zero-order valence-corrected chi connectivity index (χ0v) is 10.6. The Labute approximate surface area is 94.0 Å². The summed E-state index contributed by atoms with van der Waals surface area (Å²) in [5.41, 5.74) is 5.86. The summed E-state index contributed by atoms with van der Waals surface area (Å²) in [7, 11) is 0. The quantitative estimate of drug-likeness (QED) is 0.770. The SMILES string of the molecule is CC(C)CC(CN)N1C[C@@H](C)O[C@@H](C)C1. The highest BCUT2D eigenvalue weighted by Crippen LogP contribution is 2.17. The molecule has 0 amide bonds. The number of nitrogens with zero attached hydrogens (tertiary/aromatic N) is 1. The van der Waals surface area contributed by atoms with Gasteiger partial charge in [0, 0.05) is 25.7 Å². The van der Waals surface area contributed by atoms with E-state index in [4.69, 9.17) is 10.5 Å². The monoisotopic (exact) mass is 214 g/mol. The molecule has 0 bridgehead atoms. The van der Waals surface area contributed by atoms with Crippen LogP contribution in [-0.4, -0.2) is 42.8 Å². The first-order valence-corrected chi connectivity index (χ1v) is 6.12. The minimum absolute atomic E-state index is 0.343.